The number of aromatic nitrogens is 3. The molecule has 246 valence electrons. The molecular weight excluding hydrogens is 577 g/mol. The molecule has 1 aliphatic rings. The summed E-state index contributed by atoms with van der Waals surface area (Å²) in [7, 11) is 0. The highest BCUT2D eigenvalue weighted by atomic mass is 19.1. The number of hydrogen-bond acceptors (Lipinski definition) is 7. The molecule has 0 spiro atoms. The fraction of sp³-hybridized carbons (Fsp3) is 0.432. The summed E-state index contributed by atoms with van der Waals surface area (Å²) < 4.78 is 15.4. The standard InChI is InChI=1S/C37H50FN7O/c1-7-9-35(42-27(2)3)36(30(6)31-12-10-28(4)11-13-31)43-33-16-20-44(21-17-33)19-8-18-39-23-37(46,24-45-26-40-25-41-45)34-15-14-32(38)22-29(34)5/h7,9-15,22,25-26,33,39,43,46H,2,8,16-21,23-24H2,1,3-6H3/b9-7-,36-30+,42-35?/t37-/m0/s1. The van der Waals surface area contributed by atoms with E-state index in [1.807, 2.05) is 26.8 Å². The van der Waals surface area contributed by atoms with Crippen molar-refractivity contribution in [1.29, 1.82) is 0 Å². The second kappa shape index (κ2) is 16.6. The zero-order valence-electron chi connectivity index (χ0n) is 28.1. The second-order valence-electron chi connectivity index (χ2n) is 12.5. The monoisotopic (exact) mass is 627 g/mol. The quantitative estimate of drug-likeness (QED) is 0.143. The minimum absolute atomic E-state index is 0.222. The number of allylic oxidation sites excluding steroid dienone is 4. The molecule has 0 radical (unpaired) electrons. The molecule has 1 atom stereocenters. The summed E-state index contributed by atoms with van der Waals surface area (Å²) >= 11 is 0. The summed E-state index contributed by atoms with van der Waals surface area (Å²) in [6, 6.07) is 13.5. The molecule has 8 nitrogen and oxygen atoms in total. The number of rotatable bonds is 15. The maximum absolute atomic E-state index is 13.8. The SMILES string of the molecule is C=C(C)N=C(/C=C\C)/C(NC1CCN(CCCNC[C@](O)(Cn2cncn2)c2ccc(F)cc2C)CC1)=C(/C)c1ccc(C)cc1. The number of hydrogen-bond donors (Lipinski definition) is 3. The van der Waals surface area contributed by atoms with Crippen LogP contribution >= 0.6 is 0 Å². The van der Waals surface area contributed by atoms with Crippen LogP contribution in [0.1, 0.15) is 62.3 Å². The molecule has 9 heteroatoms. The average Bonchev–Trinajstić information content (AvgIpc) is 3.52. The van der Waals surface area contributed by atoms with Crippen LogP contribution in [-0.4, -0.2) is 69.2 Å². The van der Waals surface area contributed by atoms with Crippen molar-refractivity contribution in [3.63, 3.8) is 0 Å². The predicted octanol–water partition coefficient (Wildman–Crippen LogP) is 5.94. The molecule has 0 unspecified atom stereocenters. The summed E-state index contributed by atoms with van der Waals surface area (Å²) in [6.45, 7) is 18.4. The Bertz CT molecular complexity index is 1520. The number of halogens is 1. The number of nitrogens with one attached hydrogen (secondary N) is 2. The van der Waals surface area contributed by atoms with Gasteiger partial charge >= 0.3 is 0 Å². The summed E-state index contributed by atoms with van der Waals surface area (Å²) in [6.07, 6.45) is 10.1. The highest BCUT2D eigenvalue weighted by Gasteiger charge is 2.32. The van der Waals surface area contributed by atoms with E-state index < -0.39 is 5.60 Å². The van der Waals surface area contributed by atoms with Crippen molar-refractivity contribution in [2.45, 2.75) is 72.1 Å². The van der Waals surface area contributed by atoms with Gasteiger partial charge in [0.25, 0.3) is 0 Å². The maximum Gasteiger partial charge on any atom is 0.137 e. The van der Waals surface area contributed by atoms with E-state index in [2.05, 4.69) is 76.4 Å². The molecule has 1 aromatic heterocycles. The lowest BCUT2D eigenvalue weighted by Gasteiger charge is -2.34. The van der Waals surface area contributed by atoms with Gasteiger partial charge in [-0.15, -0.1) is 0 Å². The first-order chi connectivity index (χ1) is 22.1. The predicted molar refractivity (Wildman–Crippen MR) is 186 cm³/mol. The van der Waals surface area contributed by atoms with Gasteiger partial charge in [-0.05, 0) is 107 Å². The van der Waals surface area contributed by atoms with Crippen molar-refractivity contribution in [2.24, 2.45) is 4.99 Å². The van der Waals surface area contributed by atoms with Crippen molar-refractivity contribution in [3.8, 4) is 0 Å². The summed E-state index contributed by atoms with van der Waals surface area (Å²) in [5, 5.41) is 23.2. The van der Waals surface area contributed by atoms with Gasteiger partial charge in [-0.25, -0.2) is 14.1 Å². The molecule has 2 aromatic carbocycles. The van der Waals surface area contributed by atoms with E-state index in [0.717, 1.165) is 62.5 Å². The van der Waals surface area contributed by atoms with Crippen LogP contribution in [0, 0.1) is 19.7 Å². The van der Waals surface area contributed by atoms with E-state index in [9.17, 15) is 9.50 Å². The van der Waals surface area contributed by atoms with E-state index in [4.69, 9.17) is 4.99 Å². The van der Waals surface area contributed by atoms with Crippen LogP contribution in [0.4, 0.5) is 4.39 Å². The highest BCUT2D eigenvalue weighted by Crippen LogP contribution is 2.27. The van der Waals surface area contributed by atoms with Gasteiger partial charge in [-0.2, -0.15) is 5.10 Å². The Morgan fingerprint density at radius 2 is 1.89 bits per heavy atom. The average molecular weight is 628 g/mol. The third-order valence-corrected chi connectivity index (χ3v) is 8.51. The van der Waals surface area contributed by atoms with Crippen molar-refractivity contribution >= 4 is 11.3 Å². The van der Waals surface area contributed by atoms with Gasteiger partial charge in [-0.3, -0.25) is 4.99 Å². The number of benzene rings is 2. The highest BCUT2D eigenvalue weighted by molar-refractivity contribution is 6.12. The molecular formula is C37H50FN7O. The largest absolute Gasteiger partial charge is 0.382 e. The van der Waals surface area contributed by atoms with E-state index in [-0.39, 0.29) is 12.4 Å². The van der Waals surface area contributed by atoms with Crippen LogP contribution in [0.25, 0.3) is 5.57 Å². The van der Waals surface area contributed by atoms with Gasteiger partial charge < -0.3 is 20.6 Å². The van der Waals surface area contributed by atoms with Gasteiger partial charge in [0.1, 0.15) is 24.1 Å². The van der Waals surface area contributed by atoms with Gasteiger partial charge in [0.15, 0.2) is 0 Å². The van der Waals surface area contributed by atoms with E-state index >= 15 is 0 Å². The molecule has 1 saturated heterocycles. The Morgan fingerprint density at radius 1 is 1.15 bits per heavy atom. The number of aliphatic imine (C=N–C) groups is 1. The van der Waals surface area contributed by atoms with Gasteiger partial charge in [0.2, 0.25) is 0 Å². The Kier molecular flexibility index (Phi) is 12.6. The molecule has 0 aliphatic carbocycles. The van der Waals surface area contributed by atoms with E-state index in [1.54, 1.807) is 17.1 Å². The summed E-state index contributed by atoms with van der Waals surface area (Å²) in [5.41, 5.74) is 6.46. The fourth-order valence-corrected chi connectivity index (χ4v) is 6.06. The molecule has 0 bridgehead atoms. The van der Waals surface area contributed by atoms with Crippen LogP contribution < -0.4 is 10.6 Å². The van der Waals surface area contributed by atoms with Crippen LogP contribution in [-0.2, 0) is 12.1 Å². The lowest BCUT2D eigenvalue weighted by Crippen LogP contribution is -2.45. The minimum Gasteiger partial charge on any atom is -0.382 e. The molecule has 0 amide bonds. The fourth-order valence-electron chi connectivity index (χ4n) is 6.06. The first kappa shape index (κ1) is 34.9. The Balaban J connectivity index is 1.32. The normalized spacial score (nSPS) is 16.8. The zero-order valence-corrected chi connectivity index (χ0v) is 28.1. The number of aliphatic hydroxyl groups is 1. The smallest absolute Gasteiger partial charge is 0.137 e. The molecule has 4 rings (SSSR count). The Labute approximate surface area is 273 Å². The van der Waals surface area contributed by atoms with Crippen LogP contribution in [0.2, 0.25) is 0 Å². The minimum atomic E-state index is -1.25. The molecule has 3 N–H and O–H groups in total. The Morgan fingerprint density at radius 3 is 2.52 bits per heavy atom. The van der Waals surface area contributed by atoms with Gasteiger partial charge in [-0.1, -0.05) is 48.6 Å². The molecule has 0 saturated carbocycles. The van der Waals surface area contributed by atoms with Crippen molar-refractivity contribution < 1.29 is 9.50 Å². The van der Waals surface area contributed by atoms with Gasteiger partial charge in [0, 0.05) is 31.4 Å². The number of aryl methyl sites for hydroxylation is 2. The van der Waals surface area contributed by atoms with Crippen molar-refractivity contribution in [2.75, 3.05) is 32.7 Å². The number of piperidine rings is 1. The molecule has 46 heavy (non-hydrogen) atoms. The van der Waals surface area contributed by atoms with Gasteiger partial charge in [0.05, 0.1) is 18.0 Å². The van der Waals surface area contributed by atoms with E-state index in [0.29, 0.717) is 23.7 Å². The molecule has 1 aliphatic heterocycles. The zero-order chi connectivity index (χ0) is 33.1. The molecule has 1 fully saturated rings. The van der Waals surface area contributed by atoms with Crippen molar-refractivity contribution in [1.82, 2.24) is 30.3 Å². The first-order valence-electron chi connectivity index (χ1n) is 16.2. The first-order valence-corrected chi connectivity index (χ1v) is 16.2. The lowest BCUT2D eigenvalue weighted by molar-refractivity contribution is 0.0147. The summed E-state index contributed by atoms with van der Waals surface area (Å²) in [5.74, 6) is -0.317. The third-order valence-electron chi connectivity index (χ3n) is 8.51. The summed E-state index contributed by atoms with van der Waals surface area (Å²) in [4.78, 5) is 11.3. The third kappa shape index (κ3) is 9.79. The van der Waals surface area contributed by atoms with E-state index in [1.165, 1.54) is 35.2 Å². The topological polar surface area (TPSA) is 90.6 Å². The number of likely N-dealkylation sites (tertiary alicyclic amines) is 1. The molecule has 2 heterocycles. The molecule has 3 aromatic rings. The van der Waals surface area contributed by atoms with Crippen molar-refractivity contribution in [3.05, 3.63) is 113 Å². The Hall–Kier alpha value is -3.92. The van der Waals surface area contributed by atoms with Crippen LogP contribution in [0.15, 0.2) is 90.2 Å². The van der Waals surface area contributed by atoms with Crippen LogP contribution in [0.3, 0.4) is 0 Å². The maximum atomic E-state index is 13.8. The van der Waals surface area contributed by atoms with Crippen LogP contribution in [0.5, 0.6) is 0 Å². The second-order valence-corrected chi connectivity index (χ2v) is 12.5. The number of nitrogens with zero attached hydrogens (tertiary/aromatic N) is 5. The lowest BCUT2D eigenvalue weighted by atomic mass is 9.89.